The van der Waals surface area contributed by atoms with Crippen LogP contribution in [0.15, 0.2) is 59.1 Å². The molecular formula is C22H26N2O3S. The molecule has 0 unspecified atom stereocenters. The number of hydrogen-bond donors (Lipinski definition) is 0. The van der Waals surface area contributed by atoms with Crippen LogP contribution in [0.5, 0.6) is 0 Å². The predicted octanol–water partition coefficient (Wildman–Crippen LogP) is 4.17. The van der Waals surface area contributed by atoms with Gasteiger partial charge >= 0.3 is 0 Å². The molecule has 0 spiro atoms. The number of sulfonamides is 1. The van der Waals surface area contributed by atoms with Crippen LogP contribution in [-0.2, 0) is 10.0 Å². The van der Waals surface area contributed by atoms with E-state index in [1.807, 2.05) is 43.3 Å². The van der Waals surface area contributed by atoms with E-state index in [1.54, 1.807) is 24.3 Å². The Morgan fingerprint density at radius 3 is 2.32 bits per heavy atom. The molecule has 0 atom stereocenters. The lowest BCUT2D eigenvalue weighted by Crippen LogP contribution is -2.39. The van der Waals surface area contributed by atoms with Crippen molar-refractivity contribution in [2.24, 2.45) is 0 Å². The number of rotatable bonds is 6. The Kier molecular flexibility index (Phi) is 5.89. The molecule has 0 saturated heterocycles. The van der Waals surface area contributed by atoms with E-state index < -0.39 is 10.0 Å². The average molecular weight is 399 g/mol. The van der Waals surface area contributed by atoms with Crippen LogP contribution in [0.25, 0.3) is 6.08 Å². The molecule has 0 aliphatic carbocycles. The largest absolute Gasteiger partial charge is 0.378 e. The summed E-state index contributed by atoms with van der Waals surface area (Å²) in [7, 11) is 0.160. The first-order chi connectivity index (χ1) is 13.4. The number of hydrogen-bond acceptors (Lipinski definition) is 4. The van der Waals surface area contributed by atoms with Gasteiger partial charge in [-0.15, -0.1) is 0 Å². The molecule has 0 N–H and O–H groups in total. The van der Waals surface area contributed by atoms with Crippen LogP contribution in [0.2, 0.25) is 0 Å². The molecule has 0 fully saturated rings. The quantitative estimate of drug-likeness (QED) is 0.541. The van der Waals surface area contributed by atoms with Gasteiger partial charge in [0.25, 0.3) is 10.0 Å². The van der Waals surface area contributed by atoms with E-state index in [-0.39, 0.29) is 21.9 Å². The van der Waals surface area contributed by atoms with Crippen LogP contribution in [0, 0.1) is 0 Å². The summed E-state index contributed by atoms with van der Waals surface area (Å²) in [5.74, 6) is -0.251. The highest BCUT2D eigenvalue weighted by molar-refractivity contribution is 7.89. The molecular weight excluding hydrogens is 372 g/mol. The van der Waals surface area contributed by atoms with Gasteiger partial charge in [-0.25, -0.2) is 8.42 Å². The van der Waals surface area contributed by atoms with Gasteiger partial charge in [0, 0.05) is 31.9 Å². The van der Waals surface area contributed by atoms with Gasteiger partial charge in [0.2, 0.25) is 5.78 Å². The van der Waals surface area contributed by atoms with Gasteiger partial charge < -0.3 is 4.90 Å². The van der Waals surface area contributed by atoms with Crippen molar-refractivity contribution in [3.63, 3.8) is 0 Å². The smallest absolute Gasteiger partial charge is 0.265 e. The molecule has 0 bridgehead atoms. The maximum atomic E-state index is 13.2. The molecule has 28 heavy (non-hydrogen) atoms. The fourth-order valence-corrected chi connectivity index (χ4v) is 4.98. The Morgan fingerprint density at radius 1 is 1.00 bits per heavy atom. The Balaban J connectivity index is 2.08. The normalized spacial score (nSPS) is 16.9. The molecule has 148 valence electrons. The van der Waals surface area contributed by atoms with Crippen molar-refractivity contribution in [2.45, 2.75) is 31.1 Å². The van der Waals surface area contributed by atoms with Crippen LogP contribution in [0.4, 0.5) is 5.69 Å². The minimum atomic E-state index is -3.75. The predicted molar refractivity (Wildman–Crippen MR) is 113 cm³/mol. The van der Waals surface area contributed by atoms with Gasteiger partial charge in [-0.1, -0.05) is 44.0 Å². The highest BCUT2D eigenvalue weighted by atomic mass is 32.2. The van der Waals surface area contributed by atoms with Crippen molar-refractivity contribution < 1.29 is 13.2 Å². The Bertz CT molecular complexity index is 993. The van der Waals surface area contributed by atoms with Gasteiger partial charge in [-0.2, -0.15) is 0 Å². The molecule has 0 saturated carbocycles. The van der Waals surface area contributed by atoms with Gasteiger partial charge in [0.15, 0.2) is 0 Å². The van der Waals surface area contributed by atoms with Crippen molar-refractivity contribution in [1.82, 2.24) is 4.31 Å². The number of fused-ring (bicyclic) bond motifs is 1. The number of ketones is 1. The van der Waals surface area contributed by atoms with E-state index in [0.717, 1.165) is 24.1 Å². The molecule has 5 nitrogen and oxygen atoms in total. The highest BCUT2D eigenvalue weighted by Crippen LogP contribution is 2.33. The monoisotopic (exact) mass is 398 g/mol. The fraction of sp³-hybridized carbons (Fsp3) is 0.318. The van der Waals surface area contributed by atoms with Crippen LogP contribution in [0.1, 0.15) is 42.1 Å². The van der Waals surface area contributed by atoms with Gasteiger partial charge in [-0.3, -0.25) is 9.10 Å². The SMILES string of the molecule is CCCCCN1C(=Cc2ccc(N(C)C)cc2)C(=O)c2ccccc2S1(=O)=O. The molecule has 0 aromatic heterocycles. The van der Waals surface area contributed by atoms with E-state index in [9.17, 15) is 13.2 Å². The third kappa shape index (κ3) is 3.83. The van der Waals surface area contributed by atoms with E-state index in [1.165, 1.54) is 10.4 Å². The second kappa shape index (κ2) is 8.19. The Labute approximate surface area is 167 Å². The maximum Gasteiger partial charge on any atom is 0.265 e. The number of anilines is 1. The van der Waals surface area contributed by atoms with Gasteiger partial charge in [-0.05, 0) is 42.3 Å². The zero-order valence-corrected chi connectivity index (χ0v) is 17.4. The summed E-state index contributed by atoms with van der Waals surface area (Å²) < 4.78 is 27.7. The van der Waals surface area contributed by atoms with Crippen molar-refractivity contribution in [2.75, 3.05) is 25.5 Å². The molecule has 0 amide bonds. The summed E-state index contributed by atoms with van der Waals surface area (Å²) in [4.78, 5) is 15.2. The first-order valence-corrected chi connectivity index (χ1v) is 11.0. The van der Waals surface area contributed by atoms with Crippen molar-refractivity contribution in [3.05, 3.63) is 65.4 Å². The molecule has 3 rings (SSSR count). The third-order valence-corrected chi connectivity index (χ3v) is 6.75. The van der Waals surface area contributed by atoms with E-state index in [4.69, 9.17) is 0 Å². The van der Waals surface area contributed by atoms with Crippen molar-refractivity contribution in [1.29, 1.82) is 0 Å². The number of unbranched alkanes of at least 4 members (excludes halogenated alkanes) is 2. The van der Waals surface area contributed by atoms with Crippen molar-refractivity contribution in [3.8, 4) is 0 Å². The second-order valence-electron chi connectivity index (χ2n) is 7.13. The minimum Gasteiger partial charge on any atom is -0.378 e. The first kappa shape index (κ1) is 20.1. The fourth-order valence-electron chi connectivity index (χ4n) is 3.29. The zero-order valence-electron chi connectivity index (χ0n) is 16.6. The number of carbonyl (C=O) groups excluding carboxylic acids is 1. The van der Waals surface area contributed by atoms with Crippen molar-refractivity contribution >= 4 is 27.6 Å². The molecule has 2 aromatic carbocycles. The molecule has 6 heteroatoms. The van der Waals surface area contributed by atoms with E-state index in [0.29, 0.717) is 13.0 Å². The third-order valence-electron chi connectivity index (χ3n) is 4.88. The minimum absolute atomic E-state index is 0.0941. The van der Waals surface area contributed by atoms with E-state index in [2.05, 4.69) is 6.92 Å². The van der Waals surface area contributed by atoms with E-state index >= 15 is 0 Å². The highest BCUT2D eigenvalue weighted by Gasteiger charge is 2.38. The molecule has 1 aliphatic heterocycles. The number of allylic oxidation sites excluding steroid dienone is 1. The van der Waals surface area contributed by atoms with Crippen LogP contribution < -0.4 is 4.90 Å². The van der Waals surface area contributed by atoms with Crippen LogP contribution in [0.3, 0.4) is 0 Å². The molecule has 2 aromatic rings. The second-order valence-corrected chi connectivity index (χ2v) is 8.96. The number of Topliss-reactive ketones (excluding diaryl/α,β-unsaturated/α-hetero) is 1. The summed E-state index contributed by atoms with van der Waals surface area (Å²) in [6, 6.07) is 14.1. The number of nitrogens with zero attached hydrogens (tertiary/aromatic N) is 2. The Morgan fingerprint density at radius 2 is 1.68 bits per heavy atom. The summed E-state index contributed by atoms with van der Waals surface area (Å²) >= 11 is 0. The summed E-state index contributed by atoms with van der Waals surface area (Å²) in [5.41, 5.74) is 2.29. The zero-order chi connectivity index (χ0) is 20.3. The lowest BCUT2D eigenvalue weighted by molar-refractivity contribution is 0.100. The molecule has 1 aliphatic rings. The summed E-state index contributed by atoms with van der Waals surface area (Å²) in [6.07, 6.45) is 4.28. The molecule has 1 heterocycles. The molecule has 0 radical (unpaired) electrons. The number of benzene rings is 2. The van der Waals surface area contributed by atoms with Crippen LogP contribution in [-0.4, -0.2) is 39.1 Å². The average Bonchev–Trinajstić information content (AvgIpc) is 2.69. The summed E-state index contributed by atoms with van der Waals surface area (Å²) in [6.45, 7) is 2.37. The van der Waals surface area contributed by atoms with Gasteiger partial charge in [0.05, 0.1) is 4.90 Å². The van der Waals surface area contributed by atoms with Crippen LogP contribution >= 0.6 is 0 Å². The summed E-state index contributed by atoms with van der Waals surface area (Å²) in [5, 5.41) is 0. The topological polar surface area (TPSA) is 57.7 Å². The Hall–Kier alpha value is -2.60. The van der Waals surface area contributed by atoms with Gasteiger partial charge in [0.1, 0.15) is 5.70 Å². The first-order valence-electron chi connectivity index (χ1n) is 9.52. The standard InChI is InChI=1S/C22H26N2O3S/c1-4-5-8-15-24-20(16-17-11-13-18(14-12-17)23(2)3)22(25)19-9-6-7-10-21(19)28(24,26)27/h6-7,9-14,16H,4-5,8,15H2,1-3H3. The maximum absolute atomic E-state index is 13.2. The lowest BCUT2D eigenvalue weighted by atomic mass is 10.0. The number of carbonyl (C=O) groups is 1. The lowest BCUT2D eigenvalue weighted by Gasteiger charge is -2.31.